The van der Waals surface area contributed by atoms with Gasteiger partial charge in [0.25, 0.3) is 0 Å². The van der Waals surface area contributed by atoms with E-state index in [2.05, 4.69) is 49.3 Å². The third-order valence-electron chi connectivity index (χ3n) is 5.52. The molecule has 1 saturated heterocycles. The summed E-state index contributed by atoms with van der Waals surface area (Å²) in [6.07, 6.45) is 5.80. The Hall–Kier alpha value is -0.460. The molecule has 1 atom stereocenters. The number of hydrogen-bond donors (Lipinski definition) is 2. The minimum Gasteiger partial charge on any atom is -0.317 e. The Morgan fingerprint density at radius 3 is 2.60 bits per heavy atom. The van der Waals surface area contributed by atoms with E-state index in [0.717, 1.165) is 64.0 Å². The predicted octanol–water partition coefficient (Wildman–Crippen LogP) is 4.56. The second-order valence-corrected chi connectivity index (χ2v) is 9.18. The molecule has 1 fully saturated rings. The van der Waals surface area contributed by atoms with E-state index in [1.54, 1.807) is 0 Å². The van der Waals surface area contributed by atoms with Gasteiger partial charge in [0, 0.05) is 20.2 Å². The highest BCUT2D eigenvalue weighted by Gasteiger charge is 2.45. The highest BCUT2D eigenvalue weighted by Crippen LogP contribution is 2.47. The molecule has 1 aromatic carbocycles. The maximum atomic E-state index is 7.28. The lowest BCUT2D eigenvalue weighted by Gasteiger charge is -2.41. The summed E-state index contributed by atoms with van der Waals surface area (Å²) in [5.74, 6) is 0.343. The summed E-state index contributed by atoms with van der Waals surface area (Å²) >= 11 is 13.7. The number of benzene rings is 1. The average molecular weight is 486 g/mol. The number of aromatic nitrogens is 1. The number of nitrogens with zero attached hydrogens (tertiary/aromatic N) is 1. The summed E-state index contributed by atoms with van der Waals surface area (Å²) in [5, 5.41) is 4.20. The number of aryl methyl sites for hydroxylation is 2. The molecule has 2 aromatic rings. The molecule has 4 rings (SSSR count). The van der Waals surface area contributed by atoms with E-state index in [0.29, 0.717) is 5.92 Å². The molecule has 1 aliphatic carbocycles. The van der Waals surface area contributed by atoms with Gasteiger partial charge in [-0.2, -0.15) is 0 Å². The van der Waals surface area contributed by atoms with Gasteiger partial charge in [0.15, 0.2) is 0 Å². The van der Waals surface area contributed by atoms with Crippen LogP contribution in [0.2, 0.25) is 5.02 Å². The minimum atomic E-state index is -0.604. The largest absolute Gasteiger partial charge is 0.317 e. The number of fused-ring (bicyclic) bond motifs is 2. The van der Waals surface area contributed by atoms with E-state index in [4.69, 9.17) is 22.3 Å². The first kappa shape index (κ1) is 17.9. The first-order chi connectivity index (χ1) is 12.0. The zero-order valence-electron chi connectivity index (χ0n) is 13.8. The molecule has 0 spiro atoms. The van der Waals surface area contributed by atoms with Crippen LogP contribution >= 0.6 is 43.5 Å². The van der Waals surface area contributed by atoms with Crippen LogP contribution in [0.1, 0.15) is 35.2 Å². The zero-order valence-corrected chi connectivity index (χ0v) is 17.7. The van der Waals surface area contributed by atoms with Crippen LogP contribution < -0.4 is 11.1 Å². The van der Waals surface area contributed by atoms with Gasteiger partial charge in [0.2, 0.25) is 0 Å². The van der Waals surface area contributed by atoms with Crippen molar-refractivity contribution in [3.8, 4) is 0 Å². The van der Waals surface area contributed by atoms with E-state index in [1.165, 1.54) is 11.1 Å². The molecule has 6 heteroatoms. The van der Waals surface area contributed by atoms with E-state index in [9.17, 15) is 0 Å². The zero-order chi connectivity index (χ0) is 17.6. The van der Waals surface area contributed by atoms with Gasteiger partial charge in [-0.3, -0.25) is 4.98 Å². The Bertz CT molecular complexity index is 821. The smallest absolute Gasteiger partial charge is 0.0884 e. The van der Waals surface area contributed by atoms with Crippen molar-refractivity contribution >= 4 is 43.5 Å². The van der Waals surface area contributed by atoms with Crippen molar-refractivity contribution in [3.05, 3.63) is 60.7 Å². The normalized spacial score (nSPS) is 23.7. The SMILES string of the molecule is NC1(C2CCNCC2)c2ncc(Br)cc2CCc2cc(Cl)cc(Br)c21. The maximum Gasteiger partial charge on any atom is 0.0884 e. The maximum absolute atomic E-state index is 7.28. The van der Waals surface area contributed by atoms with Gasteiger partial charge in [0.1, 0.15) is 0 Å². The fraction of sp³-hybridized carbons (Fsp3) is 0.421. The van der Waals surface area contributed by atoms with Crippen LogP contribution in [0.4, 0.5) is 0 Å². The molecule has 0 bridgehead atoms. The van der Waals surface area contributed by atoms with Crippen molar-refractivity contribution in [2.75, 3.05) is 13.1 Å². The molecule has 0 amide bonds. The molecule has 2 heterocycles. The number of hydrogen-bond acceptors (Lipinski definition) is 3. The first-order valence-electron chi connectivity index (χ1n) is 8.63. The van der Waals surface area contributed by atoms with Gasteiger partial charge in [-0.1, -0.05) is 27.5 Å². The van der Waals surface area contributed by atoms with Crippen LogP contribution in [-0.4, -0.2) is 18.1 Å². The molecular formula is C19H20Br2ClN3. The van der Waals surface area contributed by atoms with Gasteiger partial charge < -0.3 is 11.1 Å². The van der Waals surface area contributed by atoms with Crippen LogP contribution in [0.5, 0.6) is 0 Å². The Kier molecular flexibility index (Phi) is 4.97. The summed E-state index contributed by atoms with van der Waals surface area (Å²) in [5.41, 5.74) is 11.3. The number of nitrogens with two attached hydrogens (primary N) is 1. The van der Waals surface area contributed by atoms with E-state index >= 15 is 0 Å². The molecule has 132 valence electrons. The van der Waals surface area contributed by atoms with Crippen molar-refractivity contribution in [3.63, 3.8) is 0 Å². The lowest BCUT2D eigenvalue weighted by atomic mass is 9.70. The quantitative estimate of drug-likeness (QED) is 0.623. The minimum absolute atomic E-state index is 0.343. The molecule has 3 N–H and O–H groups in total. The van der Waals surface area contributed by atoms with Gasteiger partial charge in [-0.05, 0) is 95.5 Å². The standard InChI is InChI=1S/C19H20Br2ClN3/c20-14-7-12-2-1-11-8-15(22)9-16(21)17(11)19(23,18(12)25-10-14)13-3-5-24-6-4-13/h7-10,13,24H,1-6,23H2. The average Bonchev–Trinajstić information content (AvgIpc) is 2.71. The number of rotatable bonds is 1. The summed E-state index contributed by atoms with van der Waals surface area (Å²) in [6, 6.07) is 6.21. The molecule has 0 radical (unpaired) electrons. The Balaban J connectivity index is 1.99. The van der Waals surface area contributed by atoms with E-state index < -0.39 is 5.54 Å². The molecule has 2 aliphatic rings. The highest BCUT2D eigenvalue weighted by molar-refractivity contribution is 9.10. The summed E-state index contributed by atoms with van der Waals surface area (Å²) in [4.78, 5) is 4.82. The van der Waals surface area contributed by atoms with Gasteiger partial charge in [-0.15, -0.1) is 0 Å². The molecular weight excluding hydrogens is 465 g/mol. The predicted molar refractivity (Wildman–Crippen MR) is 109 cm³/mol. The van der Waals surface area contributed by atoms with E-state index in [-0.39, 0.29) is 0 Å². The molecule has 0 saturated carbocycles. The molecule has 1 aromatic heterocycles. The van der Waals surface area contributed by atoms with Crippen LogP contribution in [0.25, 0.3) is 0 Å². The van der Waals surface area contributed by atoms with Crippen LogP contribution in [0.15, 0.2) is 33.3 Å². The van der Waals surface area contributed by atoms with E-state index in [1.807, 2.05) is 12.3 Å². The summed E-state index contributed by atoms with van der Waals surface area (Å²) in [7, 11) is 0. The van der Waals surface area contributed by atoms with Gasteiger partial charge in [0.05, 0.1) is 11.2 Å². The van der Waals surface area contributed by atoms with Crippen molar-refractivity contribution in [1.29, 1.82) is 0 Å². The molecule has 1 unspecified atom stereocenters. The van der Waals surface area contributed by atoms with Crippen molar-refractivity contribution in [2.24, 2.45) is 11.7 Å². The number of piperidine rings is 1. The Morgan fingerprint density at radius 1 is 1.12 bits per heavy atom. The molecule has 3 nitrogen and oxygen atoms in total. The lowest BCUT2D eigenvalue weighted by Crippen LogP contribution is -2.50. The Labute approximate surface area is 170 Å². The Morgan fingerprint density at radius 2 is 1.84 bits per heavy atom. The number of nitrogens with one attached hydrogen (secondary N) is 1. The van der Waals surface area contributed by atoms with Crippen LogP contribution in [-0.2, 0) is 18.4 Å². The fourth-order valence-electron chi connectivity index (χ4n) is 4.39. The second kappa shape index (κ2) is 6.93. The van der Waals surface area contributed by atoms with Gasteiger partial charge >= 0.3 is 0 Å². The number of halogens is 3. The van der Waals surface area contributed by atoms with Crippen molar-refractivity contribution in [1.82, 2.24) is 10.3 Å². The second-order valence-electron chi connectivity index (χ2n) is 6.98. The lowest BCUT2D eigenvalue weighted by molar-refractivity contribution is 0.248. The summed E-state index contributed by atoms with van der Waals surface area (Å²) in [6.45, 7) is 1.99. The van der Waals surface area contributed by atoms with Crippen LogP contribution in [0.3, 0.4) is 0 Å². The molecule has 25 heavy (non-hydrogen) atoms. The van der Waals surface area contributed by atoms with Crippen molar-refractivity contribution in [2.45, 2.75) is 31.2 Å². The number of pyridine rings is 1. The highest BCUT2D eigenvalue weighted by atomic mass is 79.9. The van der Waals surface area contributed by atoms with Crippen LogP contribution in [0, 0.1) is 5.92 Å². The van der Waals surface area contributed by atoms with Crippen molar-refractivity contribution < 1.29 is 0 Å². The fourth-order valence-corrected chi connectivity index (χ4v) is 5.97. The van der Waals surface area contributed by atoms with Gasteiger partial charge in [-0.25, -0.2) is 0 Å². The third kappa shape index (κ3) is 3.08. The topological polar surface area (TPSA) is 50.9 Å². The monoisotopic (exact) mass is 483 g/mol. The molecule has 1 aliphatic heterocycles. The third-order valence-corrected chi connectivity index (χ3v) is 6.80. The summed E-state index contributed by atoms with van der Waals surface area (Å²) < 4.78 is 2.00. The first-order valence-corrected chi connectivity index (χ1v) is 10.6.